The number of carbonyl (C=O) groups excluding carboxylic acids is 5. The van der Waals surface area contributed by atoms with Crippen molar-refractivity contribution >= 4 is 29.9 Å². The fraction of sp³-hybridized carbons (Fsp3) is 0.476. The summed E-state index contributed by atoms with van der Waals surface area (Å²) in [7, 11) is 2.99. The van der Waals surface area contributed by atoms with Gasteiger partial charge in [0.1, 0.15) is 18.1 Å². The van der Waals surface area contributed by atoms with Crippen molar-refractivity contribution in [1.82, 2.24) is 15.1 Å². The molecule has 0 saturated carbocycles. The van der Waals surface area contributed by atoms with E-state index >= 15 is 0 Å². The largest absolute Gasteiger partial charge is 0.483 e. The van der Waals surface area contributed by atoms with Crippen LogP contribution in [-0.4, -0.2) is 97.9 Å². The number of likely N-dealkylation sites (N-methyl/N-ethyl adjacent to an activating group) is 1. The molecule has 1 atom stereocenters. The number of benzene rings is 1. The van der Waals surface area contributed by atoms with E-state index < -0.39 is 36.3 Å². The monoisotopic (exact) mass is 449 g/mol. The first-order chi connectivity index (χ1) is 15.3. The summed E-state index contributed by atoms with van der Waals surface area (Å²) in [5, 5.41) is 11.2. The number of nitrogens with one attached hydrogen (secondary N) is 1. The Balaban J connectivity index is 2.14. The molecule has 0 aliphatic carbocycles. The van der Waals surface area contributed by atoms with E-state index in [9.17, 15) is 24.0 Å². The van der Waals surface area contributed by atoms with Gasteiger partial charge >= 0.3 is 0 Å². The van der Waals surface area contributed by atoms with Gasteiger partial charge in [-0.2, -0.15) is 0 Å². The predicted molar refractivity (Wildman–Crippen MR) is 111 cm³/mol. The predicted octanol–water partition coefficient (Wildman–Crippen LogP) is -0.778. The number of aldehydes is 1. The van der Waals surface area contributed by atoms with Crippen molar-refractivity contribution < 1.29 is 38.6 Å². The molecule has 1 aliphatic rings. The maximum Gasteiger partial charge on any atom is 0.266 e. The van der Waals surface area contributed by atoms with Crippen LogP contribution in [0.2, 0.25) is 0 Å². The quantitative estimate of drug-likeness (QED) is 0.227. The van der Waals surface area contributed by atoms with Crippen LogP contribution in [0.4, 0.5) is 0 Å². The minimum Gasteiger partial charge on any atom is -0.483 e. The highest BCUT2D eigenvalue weighted by Crippen LogP contribution is 2.33. The van der Waals surface area contributed by atoms with Crippen molar-refractivity contribution in [3.63, 3.8) is 0 Å². The molecule has 0 fully saturated rings. The van der Waals surface area contributed by atoms with E-state index in [0.29, 0.717) is 6.29 Å². The molecule has 0 aromatic heterocycles. The number of imide groups is 1. The van der Waals surface area contributed by atoms with E-state index in [1.807, 2.05) is 0 Å². The Kier molecular flexibility index (Phi) is 9.29. The number of carbonyl (C=O) groups is 5. The summed E-state index contributed by atoms with van der Waals surface area (Å²) in [5.74, 6) is -2.28. The van der Waals surface area contributed by atoms with Gasteiger partial charge < -0.3 is 29.6 Å². The van der Waals surface area contributed by atoms with Crippen LogP contribution in [0, 0.1) is 0 Å². The number of hydrogen-bond donors (Lipinski definition) is 2. The molecule has 1 aromatic rings. The van der Waals surface area contributed by atoms with E-state index in [1.54, 1.807) is 0 Å². The van der Waals surface area contributed by atoms with Gasteiger partial charge in [-0.25, -0.2) is 0 Å². The lowest BCUT2D eigenvalue weighted by Gasteiger charge is -2.27. The number of ether oxygens (including phenoxy) is 2. The first-order valence-electron chi connectivity index (χ1n) is 10.1. The van der Waals surface area contributed by atoms with Gasteiger partial charge in [0.05, 0.1) is 30.9 Å². The van der Waals surface area contributed by atoms with Gasteiger partial charge in [-0.15, -0.1) is 0 Å². The van der Waals surface area contributed by atoms with Gasteiger partial charge in [-0.05, 0) is 18.6 Å². The van der Waals surface area contributed by atoms with Gasteiger partial charge in [0.2, 0.25) is 5.91 Å². The van der Waals surface area contributed by atoms with E-state index in [0.717, 1.165) is 4.90 Å². The van der Waals surface area contributed by atoms with Crippen molar-refractivity contribution in [2.45, 2.75) is 18.9 Å². The van der Waals surface area contributed by atoms with Crippen molar-refractivity contribution in [3.8, 4) is 5.75 Å². The van der Waals surface area contributed by atoms with Crippen molar-refractivity contribution in [1.29, 1.82) is 0 Å². The summed E-state index contributed by atoms with van der Waals surface area (Å²) in [6.45, 7) is 0.0843. The lowest BCUT2D eigenvalue weighted by atomic mass is 10.1. The highest BCUT2D eigenvalue weighted by atomic mass is 16.5. The average Bonchev–Trinajstić information content (AvgIpc) is 3.03. The number of amides is 4. The van der Waals surface area contributed by atoms with Crippen molar-refractivity contribution in [2.24, 2.45) is 0 Å². The molecule has 0 radical (unpaired) electrons. The molecule has 1 heterocycles. The lowest BCUT2D eigenvalue weighted by molar-refractivity contribution is -0.133. The third-order valence-electron chi connectivity index (χ3n) is 4.67. The molecule has 1 unspecified atom stereocenters. The van der Waals surface area contributed by atoms with E-state index in [-0.39, 0.29) is 56.1 Å². The molecule has 2 rings (SSSR count). The lowest BCUT2D eigenvalue weighted by Crippen LogP contribution is -2.49. The number of hydrogen-bond acceptors (Lipinski definition) is 8. The fourth-order valence-corrected chi connectivity index (χ4v) is 3.19. The molecule has 2 N–H and O–H groups in total. The highest BCUT2D eigenvalue weighted by Gasteiger charge is 2.44. The smallest absolute Gasteiger partial charge is 0.266 e. The fourth-order valence-electron chi connectivity index (χ4n) is 3.19. The van der Waals surface area contributed by atoms with Crippen molar-refractivity contribution in [3.05, 3.63) is 29.3 Å². The number of fused-ring (bicyclic) bond motifs is 1. The zero-order valence-corrected chi connectivity index (χ0v) is 18.0. The maximum atomic E-state index is 13.1. The Morgan fingerprint density at radius 2 is 1.97 bits per heavy atom. The molecule has 174 valence electrons. The molecule has 1 aliphatic heterocycles. The molecule has 0 bridgehead atoms. The second-order valence-corrected chi connectivity index (χ2v) is 7.13. The van der Waals surface area contributed by atoms with Crippen LogP contribution in [0.3, 0.4) is 0 Å². The summed E-state index contributed by atoms with van der Waals surface area (Å²) in [5.41, 5.74) is 0.0345. The summed E-state index contributed by atoms with van der Waals surface area (Å²) < 4.78 is 10.5. The second-order valence-electron chi connectivity index (χ2n) is 7.13. The molecule has 32 heavy (non-hydrogen) atoms. The molecular weight excluding hydrogens is 422 g/mol. The molecule has 11 heteroatoms. The van der Waals surface area contributed by atoms with Gasteiger partial charge in [-0.3, -0.25) is 24.1 Å². The third-order valence-corrected chi connectivity index (χ3v) is 4.67. The van der Waals surface area contributed by atoms with Crippen LogP contribution in [0.1, 0.15) is 33.6 Å². The molecule has 1 aromatic carbocycles. The molecule has 4 amide bonds. The zero-order valence-electron chi connectivity index (χ0n) is 18.0. The number of nitrogens with zero attached hydrogens (tertiary/aromatic N) is 2. The van der Waals surface area contributed by atoms with Gasteiger partial charge in [0, 0.05) is 27.1 Å². The van der Waals surface area contributed by atoms with E-state index in [4.69, 9.17) is 14.6 Å². The number of rotatable bonds is 13. The van der Waals surface area contributed by atoms with E-state index in [1.165, 1.54) is 37.2 Å². The van der Waals surface area contributed by atoms with Crippen LogP contribution in [0.25, 0.3) is 0 Å². The normalized spacial score (nSPS) is 13.5. The highest BCUT2D eigenvalue weighted by molar-refractivity contribution is 6.24. The first kappa shape index (κ1) is 25.0. The Hall–Kier alpha value is -3.31. The summed E-state index contributed by atoms with van der Waals surface area (Å²) >= 11 is 0. The van der Waals surface area contributed by atoms with Gasteiger partial charge in [-0.1, -0.05) is 6.07 Å². The number of aliphatic hydroxyl groups excluding tert-OH is 1. The summed E-state index contributed by atoms with van der Waals surface area (Å²) in [4.78, 5) is 63.5. The van der Waals surface area contributed by atoms with Crippen LogP contribution in [0.5, 0.6) is 5.75 Å². The minimum atomic E-state index is -1.13. The van der Waals surface area contributed by atoms with Crippen LogP contribution in [0.15, 0.2) is 18.2 Å². The Morgan fingerprint density at radius 3 is 2.62 bits per heavy atom. The molecule has 0 saturated heterocycles. The Morgan fingerprint density at radius 1 is 1.22 bits per heavy atom. The third kappa shape index (κ3) is 5.89. The summed E-state index contributed by atoms with van der Waals surface area (Å²) in [6.07, 6.45) is 0.627. The SMILES string of the molecule is CN(C)C(=O)C(CCC=O)N1C(=O)c2cccc(OCC(=O)NCCOCCO)c2C1=O. The standard InChI is InChI=1S/C21H27N3O8/c1-23(2)20(29)15(6-4-9-25)24-19(28)14-5-3-7-16(18(14)21(24)30)32-13-17(27)22-8-11-31-12-10-26/h3,5,7,9,15,26H,4,6,8,10-13H2,1-2H3,(H,22,27). The van der Waals surface area contributed by atoms with Crippen LogP contribution < -0.4 is 10.1 Å². The van der Waals surface area contributed by atoms with Crippen LogP contribution >= 0.6 is 0 Å². The van der Waals surface area contributed by atoms with E-state index in [2.05, 4.69) is 5.32 Å². The first-order valence-corrected chi connectivity index (χ1v) is 10.1. The Bertz CT molecular complexity index is 871. The number of aliphatic hydroxyl groups is 1. The van der Waals surface area contributed by atoms with Gasteiger partial charge in [0.15, 0.2) is 6.61 Å². The van der Waals surface area contributed by atoms with Crippen LogP contribution in [-0.2, 0) is 19.1 Å². The average molecular weight is 449 g/mol. The topological polar surface area (TPSA) is 143 Å². The Labute approximate surface area is 185 Å². The van der Waals surface area contributed by atoms with Gasteiger partial charge in [0.25, 0.3) is 17.7 Å². The molecular formula is C21H27N3O8. The van der Waals surface area contributed by atoms with Crippen molar-refractivity contribution in [2.75, 3.05) is 47.1 Å². The molecule has 11 nitrogen and oxygen atoms in total. The minimum absolute atomic E-state index is 0.00291. The second kappa shape index (κ2) is 11.9. The molecule has 0 spiro atoms. The zero-order chi connectivity index (χ0) is 23.7. The maximum absolute atomic E-state index is 13.1. The summed E-state index contributed by atoms with van der Waals surface area (Å²) in [6, 6.07) is 3.28.